The highest BCUT2D eigenvalue weighted by Crippen LogP contribution is 2.27. The van der Waals surface area contributed by atoms with Crippen LogP contribution in [0.25, 0.3) is 16.9 Å². The molecule has 7 heteroatoms. The Balaban J connectivity index is 2.12. The molecule has 0 aliphatic carbocycles. The molecule has 1 N–H and O–H groups in total. The molecule has 2 aromatic carbocycles. The molecule has 0 radical (unpaired) electrons. The zero-order valence-electron chi connectivity index (χ0n) is 11.2. The Kier molecular flexibility index (Phi) is 4.11. The van der Waals surface area contributed by atoms with Crippen LogP contribution in [0, 0.1) is 5.82 Å². The van der Waals surface area contributed by atoms with Crippen molar-refractivity contribution in [3.05, 3.63) is 64.0 Å². The number of benzene rings is 2. The van der Waals surface area contributed by atoms with Gasteiger partial charge in [-0.3, -0.25) is 0 Å². The molecule has 0 bridgehead atoms. The van der Waals surface area contributed by atoms with Gasteiger partial charge >= 0.3 is 0 Å². The van der Waals surface area contributed by atoms with Crippen LogP contribution in [0.1, 0.15) is 5.69 Å². The SMILES string of the molecule is OCc1nn(-c2ccc(Cl)c(Cl)c2)nc1-c1ccccc1F. The normalized spacial score (nSPS) is 10.9. The molecule has 1 heterocycles. The molecule has 4 nitrogen and oxygen atoms in total. The summed E-state index contributed by atoms with van der Waals surface area (Å²) in [5.74, 6) is -0.432. The maximum Gasteiger partial charge on any atom is 0.132 e. The lowest BCUT2D eigenvalue weighted by molar-refractivity contribution is 0.276. The van der Waals surface area contributed by atoms with Crippen LogP contribution >= 0.6 is 23.2 Å². The van der Waals surface area contributed by atoms with Gasteiger partial charge in [-0.2, -0.15) is 9.90 Å². The van der Waals surface area contributed by atoms with Crippen LogP contribution in [-0.4, -0.2) is 20.1 Å². The van der Waals surface area contributed by atoms with E-state index in [0.29, 0.717) is 15.7 Å². The molecule has 0 unspecified atom stereocenters. The number of aliphatic hydroxyl groups excluding tert-OH is 1. The van der Waals surface area contributed by atoms with Crippen molar-refractivity contribution in [2.45, 2.75) is 6.61 Å². The molecule has 1 aromatic heterocycles. The summed E-state index contributed by atoms with van der Waals surface area (Å²) >= 11 is 11.9. The number of rotatable bonds is 3. The van der Waals surface area contributed by atoms with E-state index in [1.807, 2.05) is 0 Å². The molecule has 22 heavy (non-hydrogen) atoms. The highest BCUT2D eigenvalue weighted by molar-refractivity contribution is 6.42. The first-order chi connectivity index (χ1) is 10.6. The lowest BCUT2D eigenvalue weighted by Crippen LogP contribution is -1.99. The smallest absolute Gasteiger partial charge is 0.132 e. The fourth-order valence-corrected chi connectivity index (χ4v) is 2.32. The number of nitrogens with zero attached hydrogens (tertiary/aromatic N) is 3. The molecule has 3 aromatic rings. The third kappa shape index (κ3) is 2.70. The second-order valence-corrected chi connectivity index (χ2v) is 5.34. The predicted molar refractivity (Wildman–Crippen MR) is 82.7 cm³/mol. The molecule has 0 saturated carbocycles. The second-order valence-electron chi connectivity index (χ2n) is 4.52. The number of hydrogen-bond acceptors (Lipinski definition) is 3. The summed E-state index contributed by atoms with van der Waals surface area (Å²) in [5.41, 5.74) is 1.40. The summed E-state index contributed by atoms with van der Waals surface area (Å²) < 4.78 is 13.9. The van der Waals surface area contributed by atoms with Gasteiger partial charge in [-0.25, -0.2) is 4.39 Å². The first-order valence-electron chi connectivity index (χ1n) is 6.37. The molecule has 112 valence electrons. The third-order valence-corrected chi connectivity index (χ3v) is 3.84. The van der Waals surface area contributed by atoms with Crippen LogP contribution in [0.3, 0.4) is 0 Å². The van der Waals surface area contributed by atoms with Crippen molar-refractivity contribution in [1.82, 2.24) is 15.0 Å². The van der Waals surface area contributed by atoms with Crippen LogP contribution in [0.5, 0.6) is 0 Å². The van der Waals surface area contributed by atoms with Gasteiger partial charge in [0.15, 0.2) is 0 Å². The molecule has 3 rings (SSSR count). The first kappa shape index (κ1) is 15.0. The lowest BCUT2D eigenvalue weighted by atomic mass is 10.1. The monoisotopic (exact) mass is 337 g/mol. The Morgan fingerprint density at radius 3 is 2.50 bits per heavy atom. The molecule has 0 saturated heterocycles. The van der Waals surface area contributed by atoms with Gasteiger partial charge in [0, 0.05) is 5.56 Å². The quantitative estimate of drug-likeness (QED) is 0.789. The zero-order valence-corrected chi connectivity index (χ0v) is 12.7. The zero-order chi connectivity index (χ0) is 15.7. The van der Waals surface area contributed by atoms with Crippen LogP contribution in [0.15, 0.2) is 42.5 Å². The molecule has 0 aliphatic heterocycles. The van der Waals surface area contributed by atoms with Gasteiger partial charge in [0.25, 0.3) is 0 Å². The number of aliphatic hydroxyl groups is 1. The maximum atomic E-state index is 13.9. The molecular weight excluding hydrogens is 328 g/mol. The van der Waals surface area contributed by atoms with E-state index < -0.39 is 5.82 Å². The third-order valence-electron chi connectivity index (χ3n) is 3.10. The van der Waals surface area contributed by atoms with Crippen molar-refractivity contribution in [2.24, 2.45) is 0 Å². The molecule has 0 aliphatic rings. The fourth-order valence-electron chi connectivity index (χ4n) is 2.03. The van der Waals surface area contributed by atoms with Crippen LogP contribution < -0.4 is 0 Å². The minimum Gasteiger partial charge on any atom is -0.390 e. The Morgan fingerprint density at radius 2 is 1.82 bits per heavy atom. The van der Waals surface area contributed by atoms with Gasteiger partial charge in [0.05, 0.1) is 22.3 Å². The minimum absolute atomic E-state index is 0.274. The Hall–Kier alpha value is -1.95. The molecule has 0 fully saturated rings. The van der Waals surface area contributed by atoms with E-state index in [1.54, 1.807) is 36.4 Å². The number of hydrogen-bond donors (Lipinski definition) is 1. The minimum atomic E-state index is -0.432. The highest BCUT2D eigenvalue weighted by atomic mass is 35.5. The van der Waals surface area contributed by atoms with Crippen molar-refractivity contribution >= 4 is 23.2 Å². The van der Waals surface area contributed by atoms with Crippen LogP contribution in [0.2, 0.25) is 10.0 Å². The molecular formula is C15H10Cl2FN3O. The van der Waals surface area contributed by atoms with E-state index in [-0.39, 0.29) is 23.6 Å². The lowest BCUT2D eigenvalue weighted by Gasteiger charge is -2.01. The van der Waals surface area contributed by atoms with Gasteiger partial charge in [-0.15, -0.1) is 5.10 Å². The topological polar surface area (TPSA) is 50.9 Å². The Morgan fingerprint density at radius 1 is 1.05 bits per heavy atom. The van der Waals surface area contributed by atoms with Gasteiger partial charge in [-0.05, 0) is 30.3 Å². The van der Waals surface area contributed by atoms with E-state index in [1.165, 1.54) is 10.9 Å². The average molecular weight is 338 g/mol. The van der Waals surface area contributed by atoms with Gasteiger partial charge in [-0.1, -0.05) is 35.3 Å². The predicted octanol–water partition coefficient (Wildman–Crippen LogP) is 3.87. The first-order valence-corrected chi connectivity index (χ1v) is 7.13. The summed E-state index contributed by atoms with van der Waals surface area (Å²) in [7, 11) is 0. The maximum absolute atomic E-state index is 13.9. The molecule has 0 atom stereocenters. The van der Waals surface area contributed by atoms with Crippen molar-refractivity contribution in [3.63, 3.8) is 0 Å². The van der Waals surface area contributed by atoms with Crippen LogP contribution in [-0.2, 0) is 6.61 Å². The van der Waals surface area contributed by atoms with E-state index >= 15 is 0 Å². The summed E-state index contributed by atoms with van der Waals surface area (Å²) in [6.07, 6.45) is 0. The van der Waals surface area contributed by atoms with Crippen molar-refractivity contribution in [3.8, 4) is 16.9 Å². The second kappa shape index (κ2) is 6.04. The van der Waals surface area contributed by atoms with Crippen LogP contribution in [0.4, 0.5) is 4.39 Å². The number of halogens is 3. The largest absolute Gasteiger partial charge is 0.390 e. The Labute approximate surface area is 135 Å². The van der Waals surface area contributed by atoms with Gasteiger partial charge in [0.2, 0.25) is 0 Å². The summed E-state index contributed by atoms with van der Waals surface area (Å²) in [6, 6.07) is 11.1. The Bertz CT molecular complexity index is 835. The standard InChI is InChI=1S/C15H10Cl2FN3O/c16-11-6-5-9(7-12(11)17)21-19-14(8-22)15(20-21)10-3-1-2-4-13(10)18/h1-7,22H,8H2. The van der Waals surface area contributed by atoms with Gasteiger partial charge < -0.3 is 5.11 Å². The van der Waals surface area contributed by atoms with Crippen molar-refractivity contribution in [2.75, 3.05) is 0 Å². The number of aromatic nitrogens is 3. The van der Waals surface area contributed by atoms with E-state index in [0.717, 1.165) is 0 Å². The molecule has 0 spiro atoms. The summed E-state index contributed by atoms with van der Waals surface area (Å²) in [5, 5.41) is 18.6. The highest BCUT2D eigenvalue weighted by Gasteiger charge is 2.16. The summed E-state index contributed by atoms with van der Waals surface area (Å²) in [4.78, 5) is 1.29. The average Bonchev–Trinajstić information content (AvgIpc) is 2.94. The van der Waals surface area contributed by atoms with Crippen molar-refractivity contribution < 1.29 is 9.50 Å². The van der Waals surface area contributed by atoms with Gasteiger partial charge in [0.1, 0.15) is 17.2 Å². The van der Waals surface area contributed by atoms with Crippen molar-refractivity contribution in [1.29, 1.82) is 0 Å². The fraction of sp³-hybridized carbons (Fsp3) is 0.0667. The molecule has 0 amide bonds. The van der Waals surface area contributed by atoms with E-state index in [4.69, 9.17) is 23.2 Å². The van der Waals surface area contributed by atoms with E-state index in [2.05, 4.69) is 10.2 Å². The van der Waals surface area contributed by atoms with E-state index in [9.17, 15) is 9.50 Å². The summed E-state index contributed by atoms with van der Waals surface area (Å²) in [6.45, 7) is -0.356.